The molecule has 0 aromatic carbocycles. The molecule has 12 heteroatoms. The van der Waals surface area contributed by atoms with Crippen LogP contribution in [0.4, 0.5) is 15.8 Å². The molecule has 4 aromatic heterocycles. The van der Waals surface area contributed by atoms with E-state index in [4.69, 9.17) is 11.6 Å². The van der Waals surface area contributed by atoms with Crippen molar-refractivity contribution < 1.29 is 14.3 Å². The minimum absolute atomic E-state index is 0.151. The third kappa shape index (κ3) is 5.41. The summed E-state index contributed by atoms with van der Waals surface area (Å²) >= 11 is 6.03. The Morgan fingerprint density at radius 2 is 1.94 bits per heavy atom. The van der Waals surface area contributed by atoms with E-state index in [9.17, 15) is 14.3 Å². The maximum atomic E-state index is 14.2. The molecule has 0 aliphatic carbocycles. The summed E-state index contributed by atoms with van der Waals surface area (Å²) < 4.78 is 17.5. The second-order valence-electron chi connectivity index (χ2n) is 8.97. The molecule has 10 nitrogen and oxygen atoms in total. The Bertz CT molecular complexity index is 1360. The third-order valence-corrected chi connectivity index (χ3v) is 5.55. The first-order chi connectivity index (χ1) is 16.5. The zero-order valence-corrected chi connectivity index (χ0v) is 20.5. The number of halogens is 2. The molecule has 0 unspecified atom stereocenters. The quantitative estimate of drug-likeness (QED) is 0.336. The summed E-state index contributed by atoms with van der Waals surface area (Å²) in [6, 6.07) is 3.54. The number of aliphatic hydroxyl groups is 1. The number of alkyl halides is 1. The Labute approximate surface area is 206 Å². The molecule has 0 aliphatic rings. The van der Waals surface area contributed by atoms with Crippen molar-refractivity contribution in [1.82, 2.24) is 34.8 Å². The summed E-state index contributed by atoms with van der Waals surface area (Å²) in [7, 11) is 0. The van der Waals surface area contributed by atoms with Crippen LogP contribution in [0, 0.1) is 0 Å². The fourth-order valence-corrected chi connectivity index (χ4v) is 3.44. The number of hydrogen-bond acceptors (Lipinski definition) is 7. The molecular weight excluding hydrogens is 475 g/mol. The van der Waals surface area contributed by atoms with Crippen LogP contribution < -0.4 is 10.6 Å². The van der Waals surface area contributed by atoms with Crippen molar-refractivity contribution in [1.29, 1.82) is 0 Å². The summed E-state index contributed by atoms with van der Waals surface area (Å²) in [6.07, 6.45) is 6.31. The van der Waals surface area contributed by atoms with E-state index in [2.05, 4.69) is 30.8 Å². The monoisotopic (exact) mass is 500 g/mol. The van der Waals surface area contributed by atoms with Gasteiger partial charge in [0, 0.05) is 36.1 Å². The first kappa shape index (κ1) is 24.6. The highest BCUT2D eigenvalue weighted by molar-refractivity contribution is 6.31. The zero-order chi connectivity index (χ0) is 25.3. The molecule has 0 radical (unpaired) electrons. The molecule has 1 amide bonds. The van der Waals surface area contributed by atoms with Crippen molar-refractivity contribution in [3.05, 3.63) is 53.7 Å². The lowest BCUT2D eigenvalue weighted by atomic mass is 10.0. The standard InChI is InChI=1S/C23H26ClFN8O2/c1-13(2)32-12-16(9-29-32)31-18-6-20(33-21-14(7-30-33)5-15(24)8-27-21)26-10-17(18)22(34)28-11-19(25)23(3,4)35/h5-10,12-13,19,35H,11H2,1-4H3,(H,26,31)(H,28,34)/t19-/m1/s1. The number of anilines is 2. The summed E-state index contributed by atoms with van der Waals surface area (Å²) in [4.78, 5) is 21.7. The van der Waals surface area contributed by atoms with Gasteiger partial charge in [-0.25, -0.2) is 14.4 Å². The second-order valence-corrected chi connectivity index (χ2v) is 9.41. The van der Waals surface area contributed by atoms with Gasteiger partial charge in [-0.3, -0.25) is 9.48 Å². The average molecular weight is 501 g/mol. The first-order valence-electron chi connectivity index (χ1n) is 11.0. The molecule has 35 heavy (non-hydrogen) atoms. The van der Waals surface area contributed by atoms with E-state index in [1.165, 1.54) is 30.9 Å². The van der Waals surface area contributed by atoms with Crippen LogP contribution in [0.1, 0.15) is 44.1 Å². The first-order valence-corrected chi connectivity index (χ1v) is 11.4. The van der Waals surface area contributed by atoms with E-state index < -0.39 is 17.7 Å². The van der Waals surface area contributed by atoms with Crippen molar-refractivity contribution in [2.75, 3.05) is 11.9 Å². The van der Waals surface area contributed by atoms with Crippen molar-refractivity contribution in [2.24, 2.45) is 0 Å². The normalized spacial score (nSPS) is 12.8. The fraction of sp³-hybridized carbons (Fsp3) is 0.348. The van der Waals surface area contributed by atoms with E-state index >= 15 is 0 Å². The topological polar surface area (TPSA) is 123 Å². The maximum Gasteiger partial charge on any atom is 0.255 e. The molecule has 184 valence electrons. The number of carbonyl (C=O) groups excluding carboxylic acids is 1. The van der Waals surface area contributed by atoms with Crippen LogP contribution in [-0.4, -0.2) is 58.9 Å². The second kappa shape index (κ2) is 9.59. The number of carbonyl (C=O) groups is 1. The van der Waals surface area contributed by atoms with Crippen LogP contribution in [0.25, 0.3) is 16.9 Å². The van der Waals surface area contributed by atoms with Gasteiger partial charge in [-0.15, -0.1) is 0 Å². The highest BCUT2D eigenvalue weighted by Gasteiger charge is 2.27. The molecule has 0 saturated carbocycles. The highest BCUT2D eigenvalue weighted by Crippen LogP contribution is 2.25. The van der Waals surface area contributed by atoms with Gasteiger partial charge in [0.1, 0.15) is 6.17 Å². The molecule has 0 bridgehead atoms. The zero-order valence-electron chi connectivity index (χ0n) is 19.7. The number of hydrogen-bond donors (Lipinski definition) is 3. The number of rotatable bonds is 8. The van der Waals surface area contributed by atoms with E-state index in [0.717, 1.165) is 5.39 Å². The molecule has 4 rings (SSSR count). The van der Waals surface area contributed by atoms with Crippen LogP contribution in [0.5, 0.6) is 0 Å². The number of pyridine rings is 2. The Kier molecular flexibility index (Phi) is 6.73. The van der Waals surface area contributed by atoms with Crippen LogP contribution in [0.3, 0.4) is 0 Å². The number of fused-ring (bicyclic) bond motifs is 1. The van der Waals surface area contributed by atoms with Gasteiger partial charge in [0.05, 0.1) is 46.5 Å². The van der Waals surface area contributed by atoms with Gasteiger partial charge in [-0.05, 0) is 33.8 Å². The largest absolute Gasteiger partial charge is 0.387 e. The molecule has 3 N–H and O–H groups in total. The number of amides is 1. The third-order valence-electron chi connectivity index (χ3n) is 5.34. The lowest BCUT2D eigenvalue weighted by Gasteiger charge is -2.22. The van der Waals surface area contributed by atoms with Gasteiger partial charge in [-0.2, -0.15) is 14.9 Å². The molecule has 0 spiro atoms. The van der Waals surface area contributed by atoms with Gasteiger partial charge < -0.3 is 15.7 Å². The van der Waals surface area contributed by atoms with Gasteiger partial charge in [-0.1, -0.05) is 11.6 Å². The van der Waals surface area contributed by atoms with Crippen LogP contribution in [0.2, 0.25) is 5.02 Å². The van der Waals surface area contributed by atoms with Crippen molar-refractivity contribution >= 4 is 39.9 Å². The molecule has 0 saturated heterocycles. The highest BCUT2D eigenvalue weighted by atomic mass is 35.5. The molecule has 0 aliphatic heterocycles. The Hall–Kier alpha value is -3.57. The molecule has 0 fully saturated rings. The smallest absolute Gasteiger partial charge is 0.255 e. The maximum absolute atomic E-state index is 14.2. The summed E-state index contributed by atoms with van der Waals surface area (Å²) in [6.45, 7) is 6.32. The summed E-state index contributed by atoms with van der Waals surface area (Å²) in [5.41, 5.74) is 0.204. The van der Waals surface area contributed by atoms with Crippen molar-refractivity contribution in [3.63, 3.8) is 0 Å². The van der Waals surface area contributed by atoms with Crippen molar-refractivity contribution in [2.45, 2.75) is 45.5 Å². The predicted octanol–water partition coefficient (Wildman–Crippen LogP) is 3.83. The number of nitrogens with zero attached hydrogens (tertiary/aromatic N) is 6. The van der Waals surface area contributed by atoms with E-state index in [1.807, 2.05) is 20.0 Å². The fourth-order valence-electron chi connectivity index (χ4n) is 3.27. The summed E-state index contributed by atoms with van der Waals surface area (Å²) in [5.74, 6) is -0.144. The van der Waals surface area contributed by atoms with Crippen molar-refractivity contribution in [3.8, 4) is 5.82 Å². The van der Waals surface area contributed by atoms with E-state index in [-0.39, 0.29) is 18.2 Å². The SMILES string of the molecule is CC(C)n1cc(Nc2cc(-n3ncc4cc(Cl)cnc43)ncc2C(=O)NC[C@@H](F)C(C)(C)O)cn1. The predicted molar refractivity (Wildman–Crippen MR) is 131 cm³/mol. The average Bonchev–Trinajstić information content (AvgIpc) is 3.43. The number of nitrogens with one attached hydrogen (secondary N) is 2. The Morgan fingerprint density at radius 1 is 1.17 bits per heavy atom. The molecule has 4 heterocycles. The lowest BCUT2D eigenvalue weighted by Crippen LogP contribution is -2.42. The Balaban J connectivity index is 1.70. The molecule has 1 atom stereocenters. The van der Waals surface area contributed by atoms with Gasteiger partial charge >= 0.3 is 0 Å². The number of aromatic nitrogens is 6. The molecule has 4 aromatic rings. The minimum atomic E-state index is -1.65. The lowest BCUT2D eigenvalue weighted by molar-refractivity contribution is -0.00177. The van der Waals surface area contributed by atoms with E-state index in [0.29, 0.717) is 27.9 Å². The molecular formula is C23H26ClFN8O2. The van der Waals surface area contributed by atoms with E-state index in [1.54, 1.807) is 29.2 Å². The minimum Gasteiger partial charge on any atom is -0.387 e. The van der Waals surface area contributed by atoms with Crippen LogP contribution >= 0.6 is 11.6 Å². The van der Waals surface area contributed by atoms with Crippen LogP contribution in [0.15, 0.2) is 43.1 Å². The van der Waals surface area contributed by atoms with Gasteiger partial charge in [0.15, 0.2) is 11.5 Å². The summed E-state index contributed by atoms with van der Waals surface area (Å²) in [5, 5.41) is 25.4. The van der Waals surface area contributed by atoms with Crippen LogP contribution in [-0.2, 0) is 0 Å². The van der Waals surface area contributed by atoms with Gasteiger partial charge in [0.2, 0.25) is 0 Å². The Morgan fingerprint density at radius 3 is 2.63 bits per heavy atom. The van der Waals surface area contributed by atoms with Gasteiger partial charge in [0.25, 0.3) is 5.91 Å².